The van der Waals surface area contributed by atoms with Crippen LogP contribution in [0.4, 0.5) is 0 Å². The van der Waals surface area contributed by atoms with Gasteiger partial charge in [-0.15, -0.1) is 0 Å². The van der Waals surface area contributed by atoms with Crippen molar-refractivity contribution >= 4 is 11.9 Å². The number of aryl methyl sites for hydroxylation is 1. The molecule has 1 atom stereocenters. The zero-order chi connectivity index (χ0) is 24.1. The van der Waals surface area contributed by atoms with Gasteiger partial charge in [-0.2, -0.15) is 0 Å². The number of carboxylic acid groups (broad SMARTS) is 1. The minimum absolute atomic E-state index is 0.218. The maximum Gasteiger partial charge on any atom is 0.326 e. The van der Waals surface area contributed by atoms with Crippen LogP contribution in [0.2, 0.25) is 0 Å². The Morgan fingerprint density at radius 3 is 2.41 bits per heavy atom. The van der Waals surface area contributed by atoms with Crippen molar-refractivity contribution in [2.75, 3.05) is 6.61 Å². The van der Waals surface area contributed by atoms with Crippen LogP contribution in [0.25, 0.3) is 11.4 Å². The minimum Gasteiger partial charge on any atom is -0.493 e. The standard InChI is InChI=1S/C24H33N3O5/c1-7-12-32-18-11-10-14(21(28)26-19(23(30)31)24(4,5)6)13-16(18)20-25-17(9-3)15(8-2)22(29)27-20/h10-11,13,19H,7-9,12H2,1-6H3,(H,26,28)(H,30,31)(H,25,27,29). The zero-order valence-electron chi connectivity index (χ0n) is 19.7. The van der Waals surface area contributed by atoms with Crippen molar-refractivity contribution in [3.05, 3.63) is 45.4 Å². The summed E-state index contributed by atoms with van der Waals surface area (Å²) in [7, 11) is 0. The van der Waals surface area contributed by atoms with E-state index < -0.39 is 23.3 Å². The number of carbonyl (C=O) groups excluding carboxylic acids is 1. The van der Waals surface area contributed by atoms with Gasteiger partial charge in [-0.3, -0.25) is 9.59 Å². The van der Waals surface area contributed by atoms with Gasteiger partial charge in [0.25, 0.3) is 11.5 Å². The van der Waals surface area contributed by atoms with Gasteiger partial charge in [0, 0.05) is 11.1 Å². The normalized spacial score (nSPS) is 12.3. The van der Waals surface area contributed by atoms with Crippen molar-refractivity contribution in [2.45, 2.75) is 66.8 Å². The second-order valence-electron chi connectivity index (χ2n) is 8.72. The van der Waals surface area contributed by atoms with Crippen molar-refractivity contribution in [2.24, 2.45) is 5.41 Å². The summed E-state index contributed by atoms with van der Waals surface area (Å²) in [6, 6.07) is 3.73. The van der Waals surface area contributed by atoms with Crippen molar-refractivity contribution in [3.8, 4) is 17.1 Å². The third-order valence-electron chi connectivity index (χ3n) is 5.14. The Hall–Kier alpha value is -3.16. The molecule has 1 heterocycles. The lowest BCUT2D eigenvalue weighted by atomic mass is 9.86. The predicted molar refractivity (Wildman–Crippen MR) is 123 cm³/mol. The second kappa shape index (κ2) is 10.4. The first-order valence-electron chi connectivity index (χ1n) is 11.0. The number of nitrogens with zero attached hydrogens (tertiary/aromatic N) is 1. The molecule has 3 N–H and O–H groups in total. The number of carboxylic acids is 1. The van der Waals surface area contributed by atoms with Gasteiger partial charge in [0.05, 0.1) is 17.9 Å². The topological polar surface area (TPSA) is 121 Å². The maximum atomic E-state index is 12.9. The van der Waals surface area contributed by atoms with E-state index in [1.165, 1.54) is 0 Å². The van der Waals surface area contributed by atoms with E-state index in [-0.39, 0.29) is 11.1 Å². The number of hydrogen-bond donors (Lipinski definition) is 3. The Morgan fingerprint density at radius 1 is 1.19 bits per heavy atom. The van der Waals surface area contributed by atoms with Crippen LogP contribution >= 0.6 is 0 Å². The number of carbonyl (C=O) groups is 2. The Labute approximate surface area is 188 Å². The predicted octanol–water partition coefficient (Wildman–Crippen LogP) is 3.58. The molecule has 174 valence electrons. The number of H-pyrrole nitrogens is 1. The molecule has 0 aliphatic rings. The van der Waals surface area contributed by atoms with Gasteiger partial charge in [-0.25, -0.2) is 9.78 Å². The lowest BCUT2D eigenvalue weighted by molar-refractivity contribution is -0.142. The highest BCUT2D eigenvalue weighted by molar-refractivity contribution is 5.98. The van der Waals surface area contributed by atoms with E-state index in [4.69, 9.17) is 4.74 Å². The van der Waals surface area contributed by atoms with Crippen molar-refractivity contribution in [1.29, 1.82) is 0 Å². The average Bonchev–Trinajstić information content (AvgIpc) is 2.73. The summed E-state index contributed by atoms with van der Waals surface area (Å²) in [5, 5.41) is 12.1. The van der Waals surface area contributed by atoms with Crippen LogP contribution in [0.5, 0.6) is 5.75 Å². The zero-order valence-corrected chi connectivity index (χ0v) is 19.7. The molecule has 0 saturated heterocycles. The lowest BCUT2D eigenvalue weighted by Crippen LogP contribution is -2.49. The monoisotopic (exact) mass is 443 g/mol. The fourth-order valence-corrected chi connectivity index (χ4v) is 3.39. The molecule has 1 amide bonds. The van der Waals surface area contributed by atoms with E-state index in [9.17, 15) is 19.5 Å². The molecule has 1 aromatic heterocycles. The number of aromatic nitrogens is 2. The van der Waals surface area contributed by atoms with Gasteiger partial charge < -0.3 is 20.1 Å². The van der Waals surface area contributed by atoms with E-state index in [1.807, 2.05) is 20.8 Å². The maximum absolute atomic E-state index is 12.9. The lowest BCUT2D eigenvalue weighted by Gasteiger charge is -2.27. The number of ether oxygens (including phenoxy) is 1. The van der Waals surface area contributed by atoms with Crippen molar-refractivity contribution < 1.29 is 19.4 Å². The molecule has 0 fully saturated rings. The number of aromatic amines is 1. The van der Waals surface area contributed by atoms with Crippen LogP contribution in [0.1, 0.15) is 69.6 Å². The first-order chi connectivity index (χ1) is 15.0. The number of hydrogen-bond acceptors (Lipinski definition) is 5. The molecule has 2 rings (SSSR count). The van der Waals surface area contributed by atoms with Crippen LogP contribution in [0.15, 0.2) is 23.0 Å². The number of nitrogens with one attached hydrogen (secondary N) is 2. The number of aliphatic carboxylic acids is 1. The van der Waals surface area contributed by atoms with E-state index >= 15 is 0 Å². The summed E-state index contributed by atoms with van der Waals surface area (Å²) in [6.07, 6.45) is 1.95. The van der Waals surface area contributed by atoms with E-state index in [0.717, 1.165) is 6.42 Å². The van der Waals surface area contributed by atoms with E-state index in [0.29, 0.717) is 47.8 Å². The third-order valence-corrected chi connectivity index (χ3v) is 5.14. The van der Waals surface area contributed by atoms with Gasteiger partial charge in [-0.1, -0.05) is 41.5 Å². The average molecular weight is 444 g/mol. The molecule has 8 nitrogen and oxygen atoms in total. The van der Waals surface area contributed by atoms with Gasteiger partial charge in [0.2, 0.25) is 0 Å². The van der Waals surface area contributed by atoms with Crippen LogP contribution in [0, 0.1) is 5.41 Å². The fraction of sp³-hybridized carbons (Fsp3) is 0.500. The van der Waals surface area contributed by atoms with E-state index in [2.05, 4.69) is 15.3 Å². The molecule has 0 spiro atoms. The van der Waals surface area contributed by atoms with Crippen LogP contribution < -0.4 is 15.6 Å². The van der Waals surface area contributed by atoms with Crippen LogP contribution in [0.3, 0.4) is 0 Å². The second-order valence-corrected chi connectivity index (χ2v) is 8.72. The molecule has 0 aliphatic heterocycles. The van der Waals surface area contributed by atoms with E-state index in [1.54, 1.807) is 39.0 Å². The summed E-state index contributed by atoms with van der Waals surface area (Å²) in [4.78, 5) is 44.6. The smallest absolute Gasteiger partial charge is 0.326 e. The molecule has 0 radical (unpaired) electrons. The summed E-state index contributed by atoms with van der Waals surface area (Å²) >= 11 is 0. The number of benzene rings is 1. The summed E-state index contributed by atoms with van der Waals surface area (Å²) < 4.78 is 5.83. The largest absolute Gasteiger partial charge is 0.493 e. The SMILES string of the molecule is CCCOc1ccc(C(=O)NC(C(=O)O)C(C)(C)C)cc1-c1nc(CC)c(CC)c(=O)[nH]1. The number of amides is 1. The highest BCUT2D eigenvalue weighted by atomic mass is 16.5. The minimum atomic E-state index is -1.11. The fourth-order valence-electron chi connectivity index (χ4n) is 3.39. The van der Waals surface area contributed by atoms with Crippen LogP contribution in [-0.2, 0) is 17.6 Å². The molecular weight excluding hydrogens is 410 g/mol. The third kappa shape index (κ3) is 5.75. The van der Waals surface area contributed by atoms with Gasteiger partial charge in [0.15, 0.2) is 0 Å². The quantitative estimate of drug-likeness (QED) is 0.545. The highest BCUT2D eigenvalue weighted by Gasteiger charge is 2.33. The Balaban J connectivity index is 2.56. The molecule has 8 heteroatoms. The Kier molecular flexibility index (Phi) is 8.19. The van der Waals surface area contributed by atoms with Crippen molar-refractivity contribution in [3.63, 3.8) is 0 Å². The molecule has 0 bridgehead atoms. The molecule has 2 aromatic rings. The summed E-state index contributed by atoms with van der Waals surface area (Å²) in [6.45, 7) is 11.5. The summed E-state index contributed by atoms with van der Waals surface area (Å²) in [5.74, 6) is -0.833. The van der Waals surface area contributed by atoms with Gasteiger partial charge in [0.1, 0.15) is 17.6 Å². The van der Waals surface area contributed by atoms with Gasteiger partial charge in [-0.05, 0) is 42.9 Å². The van der Waals surface area contributed by atoms with Crippen LogP contribution in [-0.4, -0.2) is 39.6 Å². The molecule has 32 heavy (non-hydrogen) atoms. The Bertz CT molecular complexity index is 1040. The Morgan fingerprint density at radius 2 is 1.88 bits per heavy atom. The highest BCUT2D eigenvalue weighted by Crippen LogP contribution is 2.29. The molecular formula is C24H33N3O5. The van der Waals surface area contributed by atoms with Gasteiger partial charge >= 0.3 is 5.97 Å². The first kappa shape index (κ1) is 25.1. The molecule has 1 unspecified atom stereocenters. The van der Waals surface area contributed by atoms with Crippen molar-refractivity contribution in [1.82, 2.24) is 15.3 Å². The first-order valence-corrected chi connectivity index (χ1v) is 11.0. The molecule has 0 saturated carbocycles. The number of rotatable bonds is 9. The molecule has 1 aromatic carbocycles. The molecule has 0 aliphatic carbocycles. The summed E-state index contributed by atoms with van der Waals surface area (Å²) in [5.41, 5.74) is 1.16.